The number of nitrogens with zero attached hydrogens (tertiary/aromatic N) is 2. The van der Waals surface area contributed by atoms with Gasteiger partial charge in [0.25, 0.3) is 0 Å². The van der Waals surface area contributed by atoms with Gasteiger partial charge >= 0.3 is 0 Å². The average molecular weight is 358 g/mol. The highest BCUT2D eigenvalue weighted by Crippen LogP contribution is 2.27. The van der Waals surface area contributed by atoms with E-state index in [1.807, 2.05) is 5.38 Å². The predicted molar refractivity (Wildman–Crippen MR) is 89.1 cm³/mol. The van der Waals surface area contributed by atoms with Gasteiger partial charge < -0.3 is 4.90 Å². The van der Waals surface area contributed by atoms with Gasteiger partial charge in [0.1, 0.15) is 0 Å². The summed E-state index contributed by atoms with van der Waals surface area (Å²) in [6.45, 7) is 1.28. The maximum Gasteiger partial charge on any atom is 0.240 e. The Kier molecular flexibility index (Phi) is 4.67. The van der Waals surface area contributed by atoms with E-state index in [0.29, 0.717) is 11.6 Å². The van der Waals surface area contributed by atoms with Crippen molar-refractivity contribution in [1.82, 2.24) is 9.71 Å². The fourth-order valence-corrected chi connectivity index (χ4v) is 4.70. The molecule has 1 aliphatic rings. The van der Waals surface area contributed by atoms with Crippen molar-refractivity contribution in [3.05, 3.63) is 40.9 Å². The first kappa shape index (κ1) is 15.7. The summed E-state index contributed by atoms with van der Waals surface area (Å²) in [5.41, 5.74) is 0. The molecule has 2 heterocycles. The number of benzene rings is 1. The van der Waals surface area contributed by atoms with E-state index in [4.69, 9.17) is 11.6 Å². The molecule has 8 heteroatoms. The summed E-state index contributed by atoms with van der Waals surface area (Å²) in [6.07, 6.45) is 3.77. The minimum atomic E-state index is -3.54. The lowest BCUT2D eigenvalue weighted by Gasteiger charge is -2.24. The zero-order valence-corrected chi connectivity index (χ0v) is 14.2. The lowest BCUT2D eigenvalue weighted by atomic mass is 10.2. The Balaban J connectivity index is 1.69. The lowest BCUT2D eigenvalue weighted by molar-refractivity contribution is 0.567. The third-order valence-corrected chi connectivity index (χ3v) is 6.12. The fourth-order valence-electron chi connectivity index (χ4n) is 2.58. The van der Waals surface area contributed by atoms with E-state index >= 15 is 0 Å². The monoisotopic (exact) mass is 357 g/mol. The number of halogens is 1. The Morgan fingerprint density at radius 3 is 3.05 bits per heavy atom. The van der Waals surface area contributed by atoms with Crippen molar-refractivity contribution in [1.29, 1.82) is 0 Å². The van der Waals surface area contributed by atoms with Gasteiger partial charge in [-0.05, 0) is 31.0 Å². The molecule has 3 rings (SSSR count). The summed E-state index contributed by atoms with van der Waals surface area (Å²) >= 11 is 7.44. The molecule has 1 aromatic carbocycles. The fraction of sp³-hybridized carbons (Fsp3) is 0.357. The highest BCUT2D eigenvalue weighted by molar-refractivity contribution is 7.89. The van der Waals surface area contributed by atoms with Gasteiger partial charge in [-0.2, -0.15) is 0 Å². The summed E-state index contributed by atoms with van der Waals surface area (Å²) in [6, 6.07) is 6.43. The van der Waals surface area contributed by atoms with Crippen LogP contribution in [0.15, 0.2) is 40.7 Å². The van der Waals surface area contributed by atoms with E-state index in [0.717, 1.165) is 24.5 Å². The van der Waals surface area contributed by atoms with Crippen molar-refractivity contribution in [2.75, 3.05) is 18.0 Å². The smallest absolute Gasteiger partial charge is 0.240 e. The van der Waals surface area contributed by atoms with Crippen LogP contribution in [0.3, 0.4) is 0 Å². The Morgan fingerprint density at radius 1 is 1.45 bits per heavy atom. The molecule has 0 spiro atoms. The molecule has 1 aliphatic heterocycles. The van der Waals surface area contributed by atoms with E-state index in [2.05, 4.69) is 14.6 Å². The number of sulfonamides is 1. The van der Waals surface area contributed by atoms with Crippen LogP contribution in [-0.4, -0.2) is 32.5 Å². The van der Waals surface area contributed by atoms with Crippen LogP contribution in [0.4, 0.5) is 5.13 Å². The molecule has 0 amide bonds. The second-order valence-electron chi connectivity index (χ2n) is 5.11. The average Bonchev–Trinajstić information content (AvgIpc) is 3.16. The molecule has 0 aliphatic carbocycles. The van der Waals surface area contributed by atoms with Crippen molar-refractivity contribution in [3.63, 3.8) is 0 Å². The van der Waals surface area contributed by atoms with E-state index in [9.17, 15) is 8.42 Å². The molecular formula is C14H16ClN3O2S2. The molecule has 1 fully saturated rings. The van der Waals surface area contributed by atoms with Crippen molar-refractivity contribution in [3.8, 4) is 0 Å². The maximum absolute atomic E-state index is 12.3. The van der Waals surface area contributed by atoms with Crippen LogP contribution in [-0.2, 0) is 10.0 Å². The molecule has 1 N–H and O–H groups in total. The molecule has 1 atom stereocenters. The van der Waals surface area contributed by atoms with Crippen LogP contribution in [0.25, 0.3) is 0 Å². The van der Waals surface area contributed by atoms with E-state index in [1.54, 1.807) is 35.7 Å². The second-order valence-corrected chi connectivity index (χ2v) is 8.19. The molecule has 22 heavy (non-hydrogen) atoms. The van der Waals surface area contributed by atoms with Crippen LogP contribution in [0, 0.1) is 0 Å². The third kappa shape index (κ3) is 3.43. The van der Waals surface area contributed by atoms with Crippen LogP contribution in [0.1, 0.15) is 12.8 Å². The number of anilines is 1. The predicted octanol–water partition coefficient (Wildman–Crippen LogP) is 2.74. The molecule has 0 saturated carbocycles. The normalized spacial score (nSPS) is 18.8. The first-order chi connectivity index (χ1) is 10.6. The van der Waals surface area contributed by atoms with Gasteiger partial charge in [0.15, 0.2) is 5.13 Å². The van der Waals surface area contributed by atoms with Gasteiger partial charge in [0.2, 0.25) is 10.0 Å². The van der Waals surface area contributed by atoms with Gasteiger partial charge in [-0.15, -0.1) is 11.3 Å². The second kappa shape index (κ2) is 6.54. The highest BCUT2D eigenvalue weighted by Gasteiger charge is 2.27. The third-order valence-electron chi connectivity index (χ3n) is 3.66. The summed E-state index contributed by atoms with van der Waals surface area (Å²) < 4.78 is 27.4. The minimum Gasteiger partial charge on any atom is -0.344 e. The van der Waals surface area contributed by atoms with Crippen LogP contribution >= 0.6 is 22.9 Å². The molecule has 0 unspecified atom stereocenters. The van der Waals surface area contributed by atoms with Crippen LogP contribution in [0.2, 0.25) is 5.02 Å². The number of rotatable bonds is 5. The number of thiazole rings is 1. The number of aromatic nitrogens is 1. The van der Waals surface area contributed by atoms with Crippen molar-refractivity contribution >= 4 is 38.1 Å². The van der Waals surface area contributed by atoms with Gasteiger partial charge in [-0.25, -0.2) is 18.1 Å². The van der Waals surface area contributed by atoms with Gasteiger partial charge in [0.05, 0.1) is 4.90 Å². The summed E-state index contributed by atoms with van der Waals surface area (Å²) in [4.78, 5) is 6.68. The summed E-state index contributed by atoms with van der Waals surface area (Å²) in [5.74, 6) is 0. The number of hydrogen-bond donors (Lipinski definition) is 1. The molecular weight excluding hydrogens is 342 g/mol. The molecule has 0 radical (unpaired) electrons. The Morgan fingerprint density at radius 2 is 2.32 bits per heavy atom. The topological polar surface area (TPSA) is 62.3 Å². The maximum atomic E-state index is 12.3. The van der Waals surface area contributed by atoms with E-state index < -0.39 is 10.0 Å². The first-order valence-electron chi connectivity index (χ1n) is 6.97. The van der Waals surface area contributed by atoms with Crippen molar-refractivity contribution < 1.29 is 8.42 Å². The summed E-state index contributed by atoms with van der Waals surface area (Å²) in [5, 5.41) is 3.29. The Bertz CT molecular complexity index is 734. The Labute approximate surface area is 139 Å². The lowest BCUT2D eigenvalue weighted by Crippen LogP contribution is -2.40. The first-order valence-corrected chi connectivity index (χ1v) is 9.72. The zero-order valence-electron chi connectivity index (χ0n) is 11.8. The molecule has 5 nitrogen and oxygen atoms in total. The largest absolute Gasteiger partial charge is 0.344 e. The highest BCUT2D eigenvalue weighted by atomic mass is 35.5. The van der Waals surface area contributed by atoms with E-state index in [-0.39, 0.29) is 10.9 Å². The van der Waals surface area contributed by atoms with E-state index in [1.165, 1.54) is 6.07 Å². The molecule has 0 bridgehead atoms. The summed E-state index contributed by atoms with van der Waals surface area (Å²) in [7, 11) is -3.54. The SMILES string of the molecule is O=S(=O)(NC[C@@H]1CCCN1c1nccs1)c1cccc(Cl)c1. The van der Waals surface area contributed by atoms with Gasteiger partial charge in [-0.1, -0.05) is 17.7 Å². The quantitative estimate of drug-likeness (QED) is 0.893. The molecule has 1 saturated heterocycles. The number of hydrogen-bond acceptors (Lipinski definition) is 5. The standard InChI is InChI=1S/C14H16ClN3O2S2/c15-11-3-1-5-13(9-11)22(19,20)17-10-12-4-2-7-18(12)14-16-6-8-21-14/h1,3,5-6,8-9,12,17H,2,4,7,10H2/t12-/m0/s1. The number of nitrogens with one attached hydrogen (secondary N) is 1. The van der Waals surface area contributed by atoms with Crippen LogP contribution < -0.4 is 9.62 Å². The molecule has 118 valence electrons. The molecule has 1 aromatic heterocycles. The Hall–Kier alpha value is -1.15. The van der Waals surface area contributed by atoms with Crippen LogP contribution in [0.5, 0.6) is 0 Å². The minimum absolute atomic E-state index is 0.139. The molecule has 2 aromatic rings. The zero-order chi connectivity index (χ0) is 15.6. The van der Waals surface area contributed by atoms with Gasteiger partial charge in [0, 0.05) is 35.7 Å². The van der Waals surface area contributed by atoms with Gasteiger partial charge in [-0.3, -0.25) is 0 Å². The van der Waals surface area contributed by atoms with Crippen molar-refractivity contribution in [2.45, 2.75) is 23.8 Å². The van der Waals surface area contributed by atoms with Crippen molar-refractivity contribution in [2.24, 2.45) is 0 Å².